The summed E-state index contributed by atoms with van der Waals surface area (Å²) in [7, 11) is 2.02. The van der Waals surface area contributed by atoms with Crippen molar-refractivity contribution in [2.75, 3.05) is 30.9 Å². The number of nitrogens with zero attached hydrogens (tertiary/aromatic N) is 3. The molecular formula is C10H16N6O2. The molecular weight excluding hydrogens is 236 g/mol. The van der Waals surface area contributed by atoms with Crippen LogP contribution in [0.25, 0.3) is 0 Å². The lowest BCUT2D eigenvalue weighted by molar-refractivity contribution is -0.384. The Bertz CT molecular complexity index is 452. The fourth-order valence-corrected chi connectivity index (χ4v) is 2.03. The van der Waals surface area contributed by atoms with Crippen molar-refractivity contribution in [2.24, 2.45) is 5.84 Å². The molecule has 2 heterocycles. The van der Waals surface area contributed by atoms with Crippen LogP contribution in [0.4, 0.5) is 17.3 Å². The molecule has 1 unspecified atom stereocenters. The zero-order valence-electron chi connectivity index (χ0n) is 10.1. The van der Waals surface area contributed by atoms with Gasteiger partial charge in [-0.2, -0.15) is 0 Å². The highest BCUT2D eigenvalue weighted by atomic mass is 16.6. The van der Waals surface area contributed by atoms with Crippen LogP contribution >= 0.6 is 0 Å². The largest absolute Gasteiger partial charge is 0.360 e. The van der Waals surface area contributed by atoms with Gasteiger partial charge in [-0.15, -0.1) is 0 Å². The molecule has 4 N–H and O–H groups in total. The van der Waals surface area contributed by atoms with E-state index in [0.29, 0.717) is 5.82 Å². The number of likely N-dealkylation sites (N-methyl/N-ethyl adjacent to an activating group) is 1. The summed E-state index contributed by atoms with van der Waals surface area (Å²) in [5.74, 6) is 5.91. The molecule has 0 spiro atoms. The predicted molar refractivity (Wildman–Crippen MR) is 68.2 cm³/mol. The molecule has 0 bridgehead atoms. The number of nitrogens with one attached hydrogen (secondary N) is 2. The maximum Gasteiger partial charge on any atom is 0.311 e. The molecule has 1 aromatic rings. The number of hydrazine groups is 1. The van der Waals surface area contributed by atoms with Gasteiger partial charge in [0.25, 0.3) is 0 Å². The third-order valence-corrected chi connectivity index (χ3v) is 2.95. The summed E-state index contributed by atoms with van der Waals surface area (Å²) in [5, 5.41) is 14.0. The highest BCUT2D eigenvalue weighted by Gasteiger charge is 2.23. The van der Waals surface area contributed by atoms with E-state index in [1.165, 1.54) is 12.1 Å². The molecule has 1 aromatic heterocycles. The topological polar surface area (TPSA) is 109 Å². The summed E-state index contributed by atoms with van der Waals surface area (Å²) in [5.41, 5.74) is 2.34. The Balaban J connectivity index is 2.21. The van der Waals surface area contributed by atoms with Gasteiger partial charge in [-0.1, -0.05) is 0 Å². The zero-order chi connectivity index (χ0) is 13.1. The van der Waals surface area contributed by atoms with E-state index >= 15 is 0 Å². The number of rotatable bonds is 4. The Morgan fingerprint density at radius 3 is 2.94 bits per heavy atom. The summed E-state index contributed by atoms with van der Waals surface area (Å²) >= 11 is 0. The molecule has 18 heavy (non-hydrogen) atoms. The van der Waals surface area contributed by atoms with E-state index < -0.39 is 4.92 Å². The molecule has 1 atom stereocenters. The molecule has 1 aliphatic heterocycles. The number of nitrogens with two attached hydrogens (primary N) is 1. The number of hydrogen-bond donors (Lipinski definition) is 3. The average Bonchev–Trinajstić information content (AvgIpc) is 2.74. The number of hydrogen-bond acceptors (Lipinski definition) is 7. The van der Waals surface area contributed by atoms with Crippen LogP contribution in [0.2, 0.25) is 0 Å². The van der Waals surface area contributed by atoms with Crippen LogP contribution in [0.5, 0.6) is 0 Å². The molecule has 0 radical (unpaired) electrons. The summed E-state index contributed by atoms with van der Waals surface area (Å²) in [4.78, 5) is 16.7. The van der Waals surface area contributed by atoms with Gasteiger partial charge in [-0.3, -0.25) is 10.1 Å². The van der Waals surface area contributed by atoms with Crippen molar-refractivity contribution in [2.45, 2.75) is 12.5 Å². The van der Waals surface area contributed by atoms with E-state index in [-0.39, 0.29) is 17.5 Å². The van der Waals surface area contributed by atoms with Crippen molar-refractivity contribution in [3.8, 4) is 0 Å². The highest BCUT2D eigenvalue weighted by Crippen LogP contribution is 2.25. The van der Waals surface area contributed by atoms with Crippen molar-refractivity contribution in [3.05, 3.63) is 22.2 Å². The van der Waals surface area contributed by atoms with Crippen LogP contribution in [-0.2, 0) is 0 Å². The number of anilines is 2. The Labute approximate surface area is 104 Å². The number of pyridine rings is 1. The van der Waals surface area contributed by atoms with Crippen LogP contribution in [0.15, 0.2) is 12.1 Å². The van der Waals surface area contributed by atoms with Crippen molar-refractivity contribution in [1.29, 1.82) is 0 Å². The lowest BCUT2D eigenvalue weighted by Gasteiger charge is -2.14. The first-order chi connectivity index (χ1) is 8.60. The first-order valence-electron chi connectivity index (χ1n) is 5.67. The first kappa shape index (κ1) is 12.5. The molecule has 0 aliphatic carbocycles. The van der Waals surface area contributed by atoms with E-state index in [1.54, 1.807) is 0 Å². The smallest absolute Gasteiger partial charge is 0.311 e. The van der Waals surface area contributed by atoms with Gasteiger partial charge in [-0.25, -0.2) is 10.8 Å². The summed E-state index contributed by atoms with van der Waals surface area (Å²) < 4.78 is 0. The molecule has 8 nitrogen and oxygen atoms in total. The molecule has 1 aliphatic rings. The third-order valence-electron chi connectivity index (χ3n) is 2.95. The van der Waals surface area contributed by atoms with Gasteiger partial charge in [0.05, 0.1) is 4.92 Å². The molecule has 0 aromatic carbocycles. The second-order valence-corrected chi connectivity index (χ2v) is 4.36. The minimum absolute atomic E-state index is 0.0384. The minimum atomic E-state index is -0.450. The van der Waals surface area contributed by atoms with Crippen LogP contribution < -0.4 is 16.6 Å². The van der Waals surface area contributed by atoms with Gasteiger partial charge in [0.1, 0.15) is 5.82 Å². The predicted octanol–water partition coefficient (Wildman–Crippen LogP) is 0.391. The Kier molecular flexibility index (Phi) is 3.58. The van der Waals surface area contributed by atoms with Gasteiger partial charge in [-0.05, 0) is 26.1 Å². The van der Waals surface area contributed by atoms with Crippen molar-refractivity contribution in [3.63, 3.8) is 0 Å². The van der Waals surface area contributed by atoms with Gasteiger partial charge in [0, 0.05) is 18.7 Å². The second kappa shape index (κ2) is 5.15. The maximum absolute atomic E-state index is 10.9. The average molecular weight is 252 g/mol. The number of nitrogen functional groups attached to an aromatic ring is 1. The van der Waals surface area contributed by atoms with Gasteiger partial charge in [0.2, 0.25) is 5.82 Å². The second-order valence-electron chi connectivity index (χ2n) is 4.36. The molecule has 1 fully saturated rings. The first-order valence-corrected chi connectivity index (χ1v) is 5.67. The minimum Gasteiger partial charge on any atom is -0.360 e. The maximum atomic E-state index is 10.9. The normalized spacial score (nSPS) is 19.8. The van der Waals surface area contributed by atoms with Crippen molar-refractivity contribution < 1.29 is 4.92 Å². The molecule has 8 heteroatoms. The van der Waals surface area contributed by atoms with E-state index in [1.807, 2.05) is 7.05 Å². The molecule has 98 valence electrons. The Morgan fingerprint density at radius 1 is 1.61 bits per heavy atom. The SMILES string of the molecule is CN1CCC(Nc2nc(NN)ccc2[N+](=O)[O-])C1. The van der Waals surface area contributed by atoms with E-state index in [0.717, 1.165) is 19.5 Å². The Hall–Kier alpha value is -1.93. The van der Waals surface area contributed by atoms with Gasteiger partial charge >= 0.3 is 5.69 Å². The fourth-order valence-electron chi connectivity index (χ4n) is 2.03. The van der Waals surface area contributed by atoms with Crippen molar-refractivity contribution in [1.82, 2.24) is 9.88 Å². The van der Waals surface area contributed by atoms with Crippen LogP contribution in [0, 0.1) is 10.1 Å². The number of aromatic nitrogens is 1. The van der Waals surface area contributed by atoms with E-state index in [2.05, 4.69) is 20.6 Å². The van der Waals surface area contributed by atoms with Crippen LogP contribution in [0.1, 0.15) is 6.42 Å². The molecule has 0 amide bonds. The monoisotopic (exact) mass is 252 g/mol. The lowest BCUT2D eigenvalue weighted by atomic mass is 10.2. The highest BCUT2D eigenvalue weighted by molar-refractivity contribution is 5.60. The number of likely N-dealkylation sites (tertiary alicyclic amines) is 1. The quantitative estimate of drug-likeness (QED) is 0.404. The van der Waals surface area contributed by atoms with Gasteiger partial charge < -0.3 is 15.6 Å². The van der Waals surface area contributed by atoms with Crippen molar-refractivity contribution >= 4 is 17.3 Å². The zero-order valence-corrected chi connectivity index (χ0v) is 10.1. The van der Waals surface area contributed by atoms with Gasteiger partial charge in [0.15, 0.2) is 0 Å². The Morgan fingerprint density at radius 2 is 2.39 bits per heavy atom. The van der Waals surface area contributed by atoms with Crippen LogP contribution in [-0.4, -0.2) is 41.0 Å². The lowest BCUT2D eigenvalue weighted by Crippen LogP contribution is -2.24. The molecule has 0 saturated carbocycles. The van der Waals surface area contributed by atoms with E-state index in [4.69, 9.17) is 5.84 Å². The van der Waals surface area contributed by atoms with E-state index in [9.17, 15) is 10.1 Å². The summed E-state index contributed by atoms with van der Waals surface area (Å²) in [6, 6.07) is 3.04. The summed E-state index contributed by atoms with van der Waals surface area (Å²) in [6.07, 6.45) is 0.940. The molecule has 1 saturated heterocycles. The summed E-state index contributed by atoms with van der Waals surface area (Å²) in [6.45, 7) is 1.82. The van der Waals surface area contributed by atoms with Crippen LogP contribution in [0.3, 0.4) is 0 Å². The standard InChI is InChI=1S/C10H16N6O2/c1-15-5-4-7(6-15)12-10-8(16(17)18)2-3-9(13-10)14-11/h2-3,7H,4-6,11H2,1H3,(H2,12,13,14). The fraction of sp³-hybridized carbons (Fsp3) is 0.500. The third kappa shape index (κ3) is 2.66. The number of nitro groups is 1. The molecule has 2 rings (SSSR count).